The SMILES string of the molecule is CCS(=O)(=O)CCNC(=O)NC1CCC(C(=O)O)CC1. The Hall–Kier alpha value is -1.31. The van der Waals surface area contributed by atoms with E-state index in [1.807, 2.05) is 0 Å². The minimum Gasteiger partial charge on any atom is -0.481 e. The van der Waals surface area contributed by atoms with Crippen LogP contribution in [0, 0.1) is 5.92 Å². The fourth-order valence-corrected chi connectivity index (χ4v) is 2.89. The van der Waals surface area contributed by atoms with Gasteiger partial charge in [0.15, 0.2) is 9.84 Å². The highest BCUT2D eigenvalue weighted by Crippen LogP contribution is 2.24. The van der Waals surface area contributed by atoms with Crippen molar-refractivity contribution in [3.63, 3.8) is 0 Å². The van der Waals surface area contributed by atoms with Crippen LogP contribution in [0.4, 0.5) is 4.79 Å². The summed E-state index contributed by atoms with van der Waals surface area (Å²) in [6.07, 6.45) is 2.39. The van der Waals surface area contributed by atoms with Crippen LogP contribution < -0.4 is 10.6 Å². The molecule has 3 N–H and O–H groups in total. The molecule has 0 unspecified atom stereocenters. The van der Waals surface area contributed by atoms with Gasteiger partial charge in [0.2, 0.25) is 0 Å². The van der Waals surface area contributed by atoms with E-state index in [4.69, 9.17) is 5.11 Å². The summed E-state index contributed by atoms with van der Waals surface area (Å²) in [7, 11) is -3.07. The highest BCUT2D eigenvalue weighted by Gasteiger charge is 2.26. The number of urea groups is 1. The minimum absolute atomic E-state index is 0.0339. The zero-order chi connectivity index (χ0) is 15.2. The van der Waals surface area contributed by atoms with Crippen LogP contribution in [0.3, 0.4) is 0 Å². The van der Waals surface area contributed by atoms with E-state index in [2.05, 4.69) is 10.6 Å². The molecular weight excluding hydrogens is 284 g/mol. The molecule has 0 spiro atoms. The number of aliphatic carboxylic acids is 1. The lowest BCUT2D eigenvalue weighted by Crippen LogP contribution is -2.45. The average molecular weight is 306 g/mol. The molecule has 0 aliphatic heterocycles. The molecule has 116 valence electrons. The molecule has 8 heteroatoms. The molecule has 1 aliphatic rings. The number of nitrogens with one attached hydrogen (secondary N) is 2. The first-order chi connectivity index (χ1) is 9.34. The molecule has 1 fully saturated rings. The van der Waals surface area contributed by atoms with Crippen LogP contribution in [-0.4, -0.2) is 49.6 Å². The number of amides is 2. The van der Waals surface area contributed by atoms with Gasteiger partial charge in [-0.15, -0.1) is 0 Å². The quantitative estimate of drug-likeness (QED) is 0.656. The van der Waals surface area contributed by atoms with Gasteiger partial charge >= 0.3 is 12.0 Å². The number of rotatable bonds is 6. The Bertz CT molecular complexity index is 441. The molecular formula is C12H22N2O5S. The van der Waals surface area contributed by atoms with Gasteiger partial charge < -0.3 is 15.7 Å². The topological polar surface area (TPSA) is 113 Å². The van der Waals surface area contributed by atoms with Crippen LogP contribution in [0.15, 0.2) is 0 Å². The molecule has 7 nitrogen and oxygen atoms in total. The van der Waals surface area contributed by atoms with E-state index in [1.54, 1.807) is 6.92 Å². The van der Waals surface area contributed by atoms with Crippen LogP contribution >= 0.6 is 0 Å². The summed E-state index contributed by atoms with van der Waals surface area (Å²) in [5, 5.41) is 14.1. The molecule has 0 atom stereocenters. The zero-order valence-corrected chi connectivity index (χ0v) is 12.4. The van der Waals surface area contributed by atoms with Gasteiger partial charge in [-0.25, -0.2) is 13.2 Å². The fourth-order valence-electron chi connectivity index (χ4n) is 2.19. The van der Waals surface area contributed by atoms with Gasteiger partial charge in [0, 0.05) is 18.3 Å². The van der Waals surface area contributed by atoms with Crippen molar-refractivity contribution in [2.24, 2.45) is 5.92 Å². The molecule has 0 aromatic rings. The van der Waals surface area contributed by atoms with E-state index in [0.717, 1.165) is 0 Å². The highest BCUT2D eigenvalue weighted by molar-refractivity contribution is 7.91. The first-order valence-corrected chi connectivity index (χ1v) is 8.63. The zero-order valence-electron chi connectivity index (χ0n) is 11.6. The van der Waals surface area contributed by atoms with Crippen molar-refractivity contribution >= 4 is 21.8 Å². The number of carbonyl (C=O) groups excluding carboxylic acids is 1. The van der Waals surface area contributed by atoms with Gasteiger partial charge in [0.25, 0.3) is 0 Å². The summed E-state index contributed by atoms with van der Waals surface area (Å²) in [5.41, 5.74) is 0. The first-order valence-electron chi connectivity index (χ1n) is 6.81. The van der Waals surface area contributed by atoms with Crippen LogP contribution in [0.25, 0.3) is 0 Å². The number of hydrogen-bond donors (Lipinski definition) is 3. The van der Waals surface area contributed by atoms with Crippen LogP contribution in [0.2, 0.25) is 0 Å². The number of carboxylic acid groups (broad SMARTS) is 1. The fraction of sp³-hybridized carbons (Fsp3) is 0.833. The molecule has 1 rings (SSSR count). The molecule has 0 aromatic carbocycles. The van der Waals surface area contributed by atoms with E-state index in [1.165, 1.54) is 0 Å². The predicted molar refractivity (Wildman–Crippen MR) is 74.2 cm³/mol. The average Bonchev–Trinajstić information content (AvgIpc) is 2.39. The Kier molecular flexibility index (Phi) is 6.25. The van der Waals surface area contributed by atoms with Crippen molar-refractivity contribution < 1.29 is 23.1 Å². The Morgan fingerprint density at radius 3 is 2.30 bits per heavy atom. The van der Waals surface area contributed by atoms with E-state index in [0.29, 0.717) is 25.7 Å². The third kappa shape index (κ3) is 5.77. The number of hydrogen-bond acceptors (Lipinski definition) is 4. The van der Waals surface area contributed by atoms with Gasteiger partial charge in [0.05, 0.1) is 11.7 Å². The monoisotopic (exact) mass is 306 g/mol. The lowest BCUT2D eigenvalue weighted by Gasteiger charge is -2.26. The third-order valence-corrected chi connectivity index (χ3v) is 5.26. The molecule has 20 heavy (non-hydrogen) atoms. The summed E-state index contributed by atoms with van der Waals surface area (Å²) in [5.74, 6) is -1.10. The molecule has 0 bridgehead atoms. The molecule has 0 saturated heterocycles. The highest BCUT2D eigenvalue weighted by atomic mass is 32.2. The summed E-state index contributed by atoms with van der Waals surface area (Å²) < 4.78 is 22.5. The second-order valence-electron chi connectivity index (χ2n) is 5.02. The number of carbonyl (C=O) groups is 2. The van der Waals surface area contributed by atoms with Crippen LogP contribution in [0.5, 0.6) is 0 Å². The van der Waals surface area contributed by atoms with Crippen LogP contribution in [-0.2, 0) is 14.6 Å². The second-order valence-corrected chi connectivity index (χ2v) is 7.50. The van der Waals surface area contributed by atoms with Crippen molar-refractivity contribution in [1.29, 1.82) is 0 Å². The maximum absolute atomic E-state index is 11.6. The normalized spacial score (nSPS) is 23.1. The maximum atomic E-state index is 11.6. The molecule has 1 saturated carbocycles. The van der Waals surface area contributed by atoms with E-state index in [9.17, 15) is 18.0 Å². The number of carboxylic acids is 1. The lowest BCUT2D eigenvalue weighted by atomic mass is 9.86. The van der Waals surface area contributed by atoms with E-state index < -0.39 is 21.8 Å². The predicted octanol–water partition coefficient (Wildman–Crippen LogP) is 0.364. The van der Waals surface area contributed by atoms with Gasteiger partial charge in [-0.3, -0.25) is 4.79 Å². The Morgan fingerprint density at radius 2 is 1.80 bits per heavy atom. The molecule has 1 aliphatic carbocycles. The molecule has 2 amide bonds. The molecule has 0 aromatic heterocycles. The maximum Gasteiger partial charge on any atom is 0.315 e. The third-order valence-electron chi connectivity index (χ3n) is 3.55. The number of sulfone groups is 1. The van der Waals surface area contributed by atoms with E-state index in [-0.39, 0.29) is 30.0 Å². The summed E-state index contributed by atoms with van der Waals surface area (Å²) in [4.78, 5) is 22.4. The standard InChI is InChI=1S/C12H22N2O5S/c1-2-20(18,19)8-7-13-12(17)14-10-5-3-9(4-6-10)11(15)16/h9-10H,2-8H2,1H3,(H,15,16)(H2,13,14,17). The Labute approximate surface area is 119 Å². The van der Waals surface area contributed by atoms with Crippen molar-refractivity contribution in [2.45, 2.75) is 38.6 Å². The van der Waals surface area contributed by atoms with Crippen molar-refractivity contribution in [3.05, 3.63) is 0 Å². The largest absolute Gasteiger partial charge is 0.481 e. The molecule has 0 radical (unpaired) electrons. The first kappa shape index (κ1) is 16.7. The summed E-state index contributed by atoms with van der Waals surface area (Å²) in [6.45, 7) is 1.66. The van der Waals surface area contributed by atoms with Crippen molar-refractivity contribution in [3.8, 4) is 0 Å². The van der Waals surface area contributed by atoms with Gasteiger partial charge in [-0.2, -0.15) is 0 Å². The van der Waals surface area contributed by atoms with E-state index >= 15 is 0 Å². The second kappa shape index (κ2) is 7.47. The van der Waals surface area contributed by atoms with Gasteiger partial charge in [-0.05, 0) is 25.7 Å². The minimum atomic E-state index is -3.07. The molecule has 0 heterocycles. The smallest absolute Gasteiger partial charge is 0.315 e. The van der Waals surface area contributed by atoms with Crippen molar-refractivity contribution in [2.75, 3.05) is 18.1 Å². The Balaban J connectivity index is 2.22. The van der Waals surface area contributed by atoms with Crippen LogP contribution in [0.1, 0.15) is 32.6 Å². The summed E-state index contributed by atoms with van der Waals surface area (Å²) >= 11 is 0. The lowest BCUT2D eigenvalue weighted by molar-refractivity contribution is -0.142. The Morgan fingerprint density at radius 1 is 1.20 bits per heavy atom. The van der Waals surface area contributed by atoms with Gasteiger partial charge in [0.1, 0.15) is 0 Å². The summed E-state index contributed by atoms with van der Waals surface area (Å²) in [6, 6.07) is -0.427. The van der Waals surface area contributed by atoms with Gasteiger partial charge in [-0.1, -0.05) is 6.92 Å². The van der Waals surface area contributed by atoms with Crippen molar-refractivity contribution in [1.82, 2.24) is 10.6 Å².